The number of allylic oxidation sites excluding steroid dienone is 2. The van der Waals surface area contributed by atoms with E-state index >= 15 is 0 Å². The molecule has 1 amide bonds. The molecular formula is C15H22N2O5S. The Labute approximate surface area is 135 Å². The van der Waals surface area contributed by atoms with Crippen LogP contribution < -0.4 is 5.48 Å². The van der Waals surface area contributed by atoms with E-state index in [1.165, 1.54) is 18.8 Å². The van der Waals surface area contributed by atoms with Gasteiger partial charge < -0.3 is 4.52 Å². The van der Waals surface area contributed by atoms with Gasteiger partial charge in [-0.2, -0.15) is 0 Å². The van der Waals surface area contributed by atoms with Gasteiger partial charge in [-0.25, -0.2) is 13.9 Å². The molecule has 0 radical (unpaired) electrons. The van der Waals surface area contributed by atoms with Crippen molar-refractivity contribution in [2.24, 2.45) is 0 Å². The van der Waals surface area contributed by atoms with Crippen LogP contribution in [0.4, 0.5) is 0 Å². The highest BCUT2D eigenvalue weighted by Gasteiger charge is 2.43. The molecule has 128 valence electrons. The van der Waals surface area contributed by atoms with Gasteiger partial charge in [0.25, 0.3) is 5.91 Å². The van der Waals surface area contributed by atoms with Gasteiger partial charge >= 0.3 is 0 Å². The lowest BCUT2D eigenvalue weighted by Gasteiger charge is -2.24. The van der Waals surface area contributed by atoms with Crippen LogP contribution in [0, 0.1) is 0 Å². The highest BCUT2D eigenvalue weighted by Crippen LogP contribution is 2.28. The SMILES string of the molecule is CC(CCc1cc(C2=CCCCC2)on1)(C(=O)NO)S(C)(=O)=O. The molecule has 1 aliphatic carbocycles. The number of amides is 1. The molecule has 23 heavy (non-hydrogen) atoms. The molecule has 0 aromatic carbocycles. The second kappa shape index (κ2) is 6.84. The first kappa shape index (κ1) is 17.7. The molecule has 2 N–H and O–H groups in total. The molecule has 7 nitrogen and oxygen atoms in total. The number of hydrogen-bond donors (Lipinski definition) is 2. The Hall–Kier alpha value is -1.67. The van der Waals surface area contributed by atoms with Gasteiger partial charge in [-0.1, -0.05) is 11.2 Å². The average Bonchev–Trinajstić information content (AvgIpc) is 3.00. The largest absolute Gasteiger partial charge is 0.356 e. The number of aromatic nitrogens is 1. The highest BCUT2D eigenvalue weighted by molar-refractivity contribution is 7.92. The zero-order valence-corrected chi connectivity index (χ0v) is 14.1. The molecular weight excluding hydrogens is 320 g/mol. The molecule has 1 aromatic rings. The van der Waals surface area contributed by atoms with Gasteiger partial charge in [0.05, 0.1) is 5.69 Å². The molecule has 8 heteroatoms. The fourth-order valence-electron chi connectivity index (χ4n) is 2.60. The fourth-order valence-corrected chi connectivity index (χ4v) is 3.45. The van der Waals surface area contributed by atoms with Gasteiger partial charge in [0.15, 0.2) is 15.6 Å². The molecule has 2 rings (SSSR count). The predicted octanol–water partition coefficient (Wildman–Crippen LogP) is 1.87. The summed E-state index contributed by atoms with van der Waals surface area (Å²) in [6.45, 7) is 1.29. The number of nitrogens with zero attached hydrogens (tertiary/aromatic N) is 1. The Bertz CT molecular complexity index is 707. The first-order valence-electron chi connectivity index (χ1n) is 7.57. The topological polar surface area (TPSA) is 110 Å². The first-order valence-corrected chi connectivity index (χ1v) is 9.46. The van der Waals surface area contributed by atoms with Gasteiger partial charge in [-0.15, -0.1) is 0 Å². The summed E-state index contributed by atoms with van der Waals surface area (Å²) in [5, 5.41) is 12.8. The van der Waals surface area contributed by atoms with Crippen LogP contribution in [-0.4, -0.2) is 35.7 Å². The van der Waals surface area contributed by atoms with Crippen molar-refractivity contribution in [2.45, 2.75) is 50.2 Å². The average molecular weight is 342 g/mol. The third-order valence-electron chi connectivity index (χ3n) is 4.42. The normalized spacial score (nSPS) is 18.1. The molecule has 0 spiro atoms. The van der Waals surface area contributed by atoms with Gasteiger partial charge in [-0.3, -0.25) is 10.0 Å². The van der Waals surface area contributed by atoms with E-state index in [0.717, 1.165) is 31.1 Å². The van der Waals surface area contributed by atoms with E-state index in [-0.39, 0.29) is 12.8 Å². The lowest BCUT2D eigenvalue weighted by molar-refractivity contribution is -0.131. The Morgan fingerprint density at radius 2 is 2.22 bits per heavy atom. The highest BCUT2D eigenvalue weighted by atomic mass is 32.2. The zero-order valence-electron chi connectivity index (χ0n) is 13.3. The zero-order chi connectivity index (χ0) is 17.1. The van der Waals surface area contributed by atoms with Crippen molar-refractivity contribution < 1.29 is 22.9 Å². The number of carbonyl (C=O) groups is 1. The van der Waals surface area contributed by atoms with Crippen molar-refractivity contribution in [3.8, 4) is 0 Å². The van der Waals surface area contributed by atoms with Crippen LogP contribution in [0.2, 0.25) is 0 Å². The molecule has 1 heterocycles. The minimum Gasteiger partial charge on any atom is -0.356 e. The standard InChI is InChI=1S/C15H22N2O5S/c1-15(14(18)16-19,23(2,20)21)9-8-12-10-13(22-17-12)11-6-4-3-5-7-11/h6,10,19H,3-5,7-9H2,1-2H3,(H,16,18). The van der Waals surface area contributed by atoms with Crippen LogP contribution in [0.25, 0.3) is 5.57 Å². The lowest BCUT2D eigenvalue weighted by Crippen LogP contribution is -2.49. The Kier molecular flexibility index (Phi) is 5.26. The van der Waals surface area contributed by atoms with E-state index in [4.69, 9.17) is 9.73 Å². The third-order valence-corrected chi connectivity index (χ3v) is 6.45. The molecule has 1 aromatic heterocycles. The summed E-state index contributed by atoms with van der Waals surface area (Å²) in [7, 11) is -3.70. The molecule has 0 saturated heterocycles. The molecule has 0 aliphatic heterocycles. The number of rotatable bonds is 6. The summed E-state index contributed by atoms with van der Waals surface area (Å²) in [6, 6.07) is 1.79. The maximum Gasteiger partial charge on any atom is 0.264 e. The lowest BCUT2D eigenvalue weighted by atomic mass is 9.97. The monoisotopic (exact) mass is 342 g/mol. The summed E-state index contributed by atoms with van der Waals surface area (Å²) < 4.78 is 27.4. The van der Waals surface area contributed by atoms with E-state index < -0.39 is 20.5 Å². The Morgan fingerprint density at radius 1 is 1.48 bits per heavy atom. The number of aryl methyl sites for hydroxylation is 1. The van der Waals surface area contributed by atoms with E-state index in [1.54, 1.807) is 6.07 Å². The molecule has 0 fully saturated rings. The summed E-state index contributed by atoms with van der Waals surface area (Å²) in [5.41, 5.74) is 3.14. The van der Waals surface area contributed by atoms with Crippen molar-refractivity contribution >= 4 is 21.3 Å². The number of hydrogen-bond acceptors (Lipinski definition) is 6. The molecule has 1 aliphatic rings. The van der Waals surface area contributed by atoms with Crippen molar-refractivity contribution in [1.29, 1.82) is 0 Å². The van der Waals surface area contributed by atoms with Gasteiger partial charge in [-0.05, 0) is 51.0 Å². The maximum absolute atomic E-state index is 11.9. The van der Waals surface area contributed by atoms with Gasteiger partial charge in [0.1, 0.15) is 4.75 Å². The Morgan fingerprint density at radius 3 is 2.78 bits per heavy atom. The molecule has 0 saturated carbocycles. The smallest absolute Gasteiger partial charge is 0.264 e. The van der Waals surface area contributed by atoms with Crippen molar-refractivity contribution in [3.05, 3.63) is 23.6 Å². The number of sulfone groups is 1. The quantitative estimate of drug-likeness (QED) is 0.603. The van der Waals surface area contributed by atoms with Gasteiger partial charge in [0.2, 0.25) is 0 Å². The maximum atomic E-state index is 11.9. The second-order valence-electron chi connectivity index (χ2n) is 6.10. The van der Waals surface area contributed by atoms with Crippen LogP contribution in [-0.2, 0) is 21.1 Å². The van der Waals surface area contributed by atoms with Crippen LogP contribution in [0.15, 0.2) is 16.7 Å². The minimum absolute atomic E-state index is 0.00322. The fraction of sp³-hybridized carbons (Fsp3) is 0.600. The summed E-state index contributed by atoms with van der Waals surface area (Å²) >= 11 is 0. The molecule has 1 unspecified atom stereocenters. The Balaban J connectivity index is 2.12. The van der Waals surface area contributed by atoms with E-state index in [2.05, 4.69) is 11.2 Å². The van der Waals surface area contributed by atoms with Crippen LogP contribution in [0.5, 0.6) is 0 Å². The van der Waals surface area contributed by atoms with Crippen LogP contribution in [0.3, 0.4) is 0 Å². The summed E-state index contributed by atoms with van der Waals surface area (Å²) in [5.74, 6) is -0.244. The van der Waals surface area contributed by atoms with Crippen molar-refractivity contribution in [3.63, 3.8) is 0 Å². The van der Waals surface area contributed by atoms with Gasteiger partial charge in [0, 0.05) is 12.3 Å². The van der Waals surface area contributed by atoms with Crippen molar-refractivity contribution in [2.75, 3.05) is 6.26 Å². The second-order valence-corrected chi connectivity index (χ2v) is 8.55. The minimum atomic E-state index is -3.70. The first-order chi connectivity index (χ1) is 10.8. The van der Waals surface area contributed by atoms with Crippen LogP contribution in [0.1, 0.15) is 50.5 Å². The van der Waals surface area contributed by atoms with Crippen LogP contribution >= 0.6 is 0 Å². The molecule has 0 bridgehead atoms. The number of nitrogens with one attached hydrogen (secondary N) is 1. The molecule has 1 atom stereocenters. The van der Waals surface area contributed by atoms with E-state index in [1.807, 2.05) is 0 Å². The summed E-state index contributed by atoms with van der Waals surface area (Å²) in [4.78, 5) is 11.8. The number of carbonyl (C=O) groups excluding carboxylic acids is 1. The van der Waals surface area contributed by atoms with Crippen molar-refractivity contribution in [1.82, 2.24) is 10.6 Å². The third kappa shape index (κ3) is 3.81. The predicted molar refractivity (Wildman–Crippen MR) is 84.4 cm³/mol. The summed E-state index contributed by atoms with van der Waals surface area (Å²) in [6.07, 6.45) is 7.63. The number of hydroxylamine groups is 1. The van der Waals surface area contributed by atoms with E-state index in [9.17, 15) is 13.2 Å². The van der Waals surface area contributed by atoms with E-state index in [0.29, 0.717) is 11.5 Å².